The number of anilines is 2. The number of nitrogens with zero attached hydrogens (tertiary/aromatic N) is 4. The van der Waals surface area contributed by atoms with Crippen LogP contribution in [0.25, 0.3) is 0 Å². The average molecular weight is 370 g/mol. The van der Waals surface area contributed by atoms with E-state index in [2.05, 4.69) is 16.8 Å². The van der Waals surface area contributed by atoms with Crippen molar-refractivity contribution in [1.82, 2.24) is 9.88 Å². The lowest BCUT2D eigenvalue weighted by atomic mass is 10.2. The van der Waals surface area contributed by atoms with Gasteiger partial charge in [0.2, 0.25) is 0 Å². The van der Waals surface area contributed by atoms with Crippen LogP contribution in [0.5, 0.6) is 0 Å². The van der Waals surface area contributed by atoms with Gasteiger partial charge in [0.25, 0.3) is 5.91 Å². The van der Waals surface area contributed by atoms with Crippen molar-refractivity contribution >= 4 is 17.3 Å². The van der Waals surface area contributed by atoms with Gasteiger partial charge < -0.3 is 14.7 Å². The van der Waals surface area contributed by atoms with Crippen molar-refractivity contribution in [2.45, 2.75) is 19.8 Å². The number of carbonyl (C=O) groups excluding carboxylic acids is 1. The lowest BCUT2D eigenvalue weighted by Crippen LogP contribution is -2.49. The first-order valence-corrected chi connectivity index (χ1v) is 9.56. The summed E-state index contributed by atoms with van der Waals surface area (Å²) in [4.78, 5) is 23.0. The molecule has 3 rings (SSSR count). The van der Waals surface area contributed by atoms with E-state index in [4.69, 9.17) is 0 Å². The molecule has 1 aromatic heterocycles. The first-order valence-electron chi connectivity index (χ1n) is 9.56. The summed E-state index contributed by atoms with van der Waals surface area (Å²) < 4.78 is 13.9. The van der Waals surface area contributed by atoms with E-state index >= 15 is 0 Å². The molecule has 1 amide bonds. The fourth-order valence-electron chi connectivity index (χ4n) is 3.28. The number of hydrogen-bond donors (Lipinski definition) is 0. The zero-order chi connectivity index (χ0) is 19.2. The third-order valence-corrected chi connectivity index (χ3v) is 5.01. The second-order valence-corrected chi connectivity index (χ2v) is 6.91. The third-order valence-electron chi connectivity index (χ3n) is 5.01. The van der Waals surface area contributed by atoms with Crippen LogP contribution in [0.1, 0.15) is 30.3 Å². The van der Waals surface area contributed by atoms with E-state index in [0.717, 1.165) is 25.1 Å². The van der Waals surface area contributed by atoms with Gasteiger partial charge in [0.05, 0.1) is 17.6 Å². The number of para-hydroxylation sites is 1. The zero-order valence-electron chi connectivity index (χ0n) is 16.1. The van der Waals surface area contributed by atoms with Gasteiger partial charge in [-0.15, -0.1) is 0 Å². The standard InChI is InChI=1S/C21H27FN4O/c1-3-4-11-24(2)17-9-10-19(23-16-17)21(27)26-14-12-25(13-15-26)20-8-6-5-7-18(20)22/h5-10,16H,3-4,11-15H2,1-2H3. The first kappa shape index (κ1) is 19.1. The molecule has 0 radical (unpaired) electrons. The summed E-state index contributed by atoms with van der Waals surface area (Å²) in [6.45, 7) is 5.50. The van der Waals surface area contributed by atoms with Gasteiger partial charge in [0, 0.05) is 39.8 Å². The molecule has 1 fully saturated rings. The Morgan fingerprint density at radius 3 is 2.52 bits per heavy atom. The lowest BCUT2D eigenvalue weighted by Gasteiger charge is -2.36. The summed E-state index contributed by atoms with van der Waals surface area (Å²) in [7, 11) is 2.04. The van der Waals surface area contributed by atoms with Gasteiger partial charge in [-0.25, -0.2) is 9.37 Å². The maximum absolute atomic E-state index is 13.9. The van der Waals surface area contributed by atoms with Gasteiger partial charge in [-0.3, -0.25) is 4.79 Å². The molecule has 0 N–H and O–H groups in total. The first-order chi connectivity index (χ1) is 13.1. The fourth-order valence-corrected chi connectivity index (χ4v) is 3.28. The second kappa shape index (κ2) is 8.84. The molecule has 0 aliphatic carbocycles. The number of pyridine rings is 1. The second-order valence-electron chi connectivity index (χ2n) is 6.91. The predicted molar refractivity (Wildman–Crippen MR) is 107 cm³/mol. The van der Waals surface area contributed by atoms with Crippen LogP contribution in [-0.2, 0) is 0 Å². The Balaban J connectivity index is 1.58. The lowest BCUT2D eigenvalue weighted by molar-refractivity contribution is 0.0741. The fraction of sp³-hybridized carbons (Fsp3) is 0.429. The highest BCUT2D eigenvalue weighted by atomic mass is 19.1. The molecule has 0 spiro atoms. The smallest absolute Gasteiger partial charge is 0.272 e. The molecular formula is C21H27FN4O. The number of amides is 1. The topological polar surface area (TPSA) is 39.7 Å². The van der Waals surface area contributed by atoms with Crippen molar-refractivity contribution in [3.63, 3.8) is 0 Å². The maximum atomic E-state index is 13.9. The third kappa shape index (κ3) is 4.56. The summed E-state index contributed by atoms with van der Waals surface area (Å²) in [5, 5.41) is 0. The number of piperazine rings is 1. The zero-order valence-corrected chi connectivity index (χ0v) is 16.1. The Labute approximate surface area is 160 Å². The van der Waals surface area contributed by atoms with Crippen molar-refractivity contribution in [3.8, 4) is 0 Å². The SMILES string of the molecule is CCCCN(C)c1ccc(C(=O)N2CCN(c3ccccc3F)CC2)nc1. The highest BCUT2D eigenvalue weighted by Crippen LogP contribution is 2.21. The maximum Gasteiger partial charge on any atom is 0.272 e. The molecule has 0 atom stereocenters. The van der Waals surface area contributed by atoms with E-state index in [1.54, 1.807) is 29.3 Å². The van der Waals surface area contributed by atoms with Crippen LogP contribution in [0.3, 0.4) is 0 Å². The highest BCUT2D eigenvalue weighted by Gasteiger charge is 2.24. The number of unbranched alkanes of at least 4 members (excludes halogenated alkanes) is 1. The molecular weight excluding hydrogens is 343 g/mol. The average Bonchev–Trinajstić information content (AvgIpc) is 2.72. The van der Waals surface area contributed by atoms with Crippen LogP contribution in [0.2, 0.25) is 0 Å². The summed E-state index contributed by atoms with van der Waals surface area (Å²) >= 11 is 0. The molecule has 0 saturated carbocycles. The van der Waals surface area contributed by atoms with E-state index < -0.39 is 0 Å². The normalized spacial score (nSPS) is 14.3. The molecule has 1 saturated heterocycles. The predicted octanol–water partition coefficient (Wildman–Crippen LogP) is 3.42. The molecule has 2 heterocycles. The van der Waals surface area contributed by atoms with Gasteiger partial charge in [-0.1, -0.05) is 25.5 Å². The summed E-state index contributed by atoms with van der Waals surface area (Å²) in [5.41, 5.74) is 2.08. The van der Waals surface area contributed by atoms with Crippen molar-refractivity contribution < 1.29 is 9.18 Å². The summed E-state index contributed by atoms with van der Waals surface area (Å²) in [6, 6.07) is 10.5. The van der Waals surface area contributed by atoms with Crippen molar-refractivity contribution in [2.24, 2.45) is 0 Å². The van der Waals surface area contributed by atoms with Crippen molar-refractivity contribution in [2.75, 3.05) is 49.6 Å². The van der Waals surface area contributed by atoms with Crippen LogP contribution in [0, 0.1) is 5.82 Å². The number of hydrogen-bond acceptors (Lipinski definition) is 4. The van der Waals surface area contributed by atoms with Crippen LogP contribution in [0.4, 0.5) is 15.8 Å². The van der Waals surface area contributed by atoms with Gasteiger partial charge >= 0.3 is 0 Å². The van der Waals surface area contributed by atoms with Crippen LogP contribution < -0.4 is 9.80 Å². The summed E-state index contributed by atoms with van der Waals surface area (Å²) in [5.74, 6) is -0.285. The number of aromatic nitrogens is 1. The Morgan fingerprint density at radius 1 is 1.15 bits per heavy atom. The molecule has 6 heteroatoms. The van der Waals surface area contributed by atoms with Crippen molar-refractivity contribution in [3.05, 3.63) is 54.1 Å². The van der Waals surface area contributed by atoms with E-state index in [9.17, 15) is 9.18 Å². The highest BCUT2D eigenvalue weighted by molar-refractivity contribution is 5.92. The minimum Gasteiger partial charge on any atom is -0.373 e. The molecule has 27 heavy (non-hydrogen) atoms. The van der Waals surface area contributed by atoms with Crippen LogP contribution >= 0.6 is 0 Å². The van der Waals surface area contributed by atoms with Crippen LogP contribution in [-0.4, -0.2) is 55.6 Å². The Bertz CT molecular complexity index is 757. The molecule has 5 nitrogen and oxygen atoms in total. The number of benzene rings is 1. The van der Waals surface area contributed by atoms with Gasteiger partial charge in [-0.05, 0) is 30.7 Å². The monoisotopic (exact) mass is 370 g/mol. The molecule has 1 aromatic carbocycles. The number of carbonyl (C=O) groups is 1. The molecule has 1 aliphatic rings. The molecule has 0 unspecified atom stereocenters. The van der Waals surface area contributed by atoms with E-state index in [1.807, 2.05) is 24.1 Å². The minimum atomic E-state index is -0.221. The van der Waals surface area contributed by atoms with Gasteiger partial charge in [-0.2, -0.15) is 0 Å². The molecule has 2 aromatic rings. The summed E-state index contributed by atoms with van der Waals surface area (Å²) in [6.07, 6.45) is 4.04. The number of halogens is 1. The quantitative estimate of drug-likeness (QED) is 0.781. The van der Waals surface area contributed by atoms with Crippen molar-refractivity contribution in [1.29, 1.82) is 0 Å². The Hall–Kier alpha value is -2.63. The number of rotatable bonds is 6. The molecule has 144 valence electrons. The van der Waals surface area contributed by atoms with E-state index in [1.165, 1.54) is 6.07 Å². The van der Waals surface area contributed by atoms with Gasteiger partial charge in [0.1, 0.15) is 11.5 Å². The Kier molecular flexibility index (Phi) is 6.27. The van der Waals surface area contributed by atoms with E-state index in [-0.39, 0.29) is 11.7 Å². The minimum absolute atomic E-state index is 0.0639. The van der Waals surface area contributed by atoms with Gasteiger partial charge in [0.15, 0.2) is 0 Å². The Morgan fingerprint density at radius 2 is 1.89 bits per heavy atom. The van der Waals surface area contributed by atoms with Crippen LogP contribution in [0.15, 0.2) is 42.6 Å². The molecule has 0 bridgehead atoms. The molecule has 1 aliphatic heterocycles. The largest absolute Gasteiger partial charge is 0.373 e. The van der Waals surface area contributed by atoms with E-state index in [0.29, 0.717) is 37.6 Å².